The maximum atomic E-state index is 12.5. The van der Waals surface area contributed by atoms with Crippen LogP contribution in [0.25, 0.3) is 10.2 Å². The van der Waals surface area contributed by atoms with Crippen LogP contribution in [0.2, 0.25) is 0 Å². The molecule has 0 aliphatic heterocycles. The molecule has 0 spiro atoms. The number of carbonyl (C=O) groups excluding carboxylic acids is 1. The fourth-order valence-electron chi connectivity index (χ4n) is 2.87. The van der Waals surface area contributed by atoms with E-state index in [-0.39, 0.29) is 18.0 Å². The molecular formula is C20H16N4O3S. The number of benzene rings is 2. The number of rotatable bonds is 4. The molecule has 2 aromatic heterocycles. The number of fused-ring (bicyclic) bond motifs is 1. The molecule has 140 valence electrons. The second-order valence-corrected chi connectivity index (χ2v) is 7.14. The van der Waals surface area contributed by atoms with Crippen molar-refractivity contribution in [2.75, 3.05) is 11.1 Å². The van der Waals surface area contributed by atoms with E-state index in [9.17, 15) is 14.4 Å². The van der Waals surface area contributed by atoms with Crippen LogP contribution in [0.3, 0.4) is 0 Å². The summed E-state index contributed by atoms with van der Waals surface area (Å²) in [5, 5.41) is 5.01. The van der Waals surface area contributed by atoms with Crippen molar-refractivity contribution in [3.8, 4) is 0 Å². The first-order chi connectivity index (χ1) is 13.5. The van der Waals surface area contributed by atoms with Crippen molar-refractivity contribution in [1.82, 2.24) is 9.55 Å². The number of aromatic amines is 1. The number of thiophene rings is 1. The Labute approximate surface area is 163 Å². The van der Waals surface area contributed by atoms with Crippen LogP contribution in [0.1, 0.15) is 15.9 Å². The summed E-state index contributed by atoms with van der Waals surface area (Å²) in [7, 11) is 0. The number of amides is 1. The predicted octanol–water partition coefficient (Wildman–Crippen LogP) is 2.63. The van der Waals surface area contributed by atoms with Crippen molar-refractivity contribution in [2.45, 2.75) is 6.54 Å². The number of hydrogen-bond donors (Lipinski definition) is 3. The number of nitrogen functional groups attached to an aromatic ring is 1. The Hall–Kier alpha value is -3.65. The number of nitrogens with one attached hydrogen (secondary N) is 2. The molecule has 0 aliphatic rings. The molecule has 0 unspecified atom stereocenters. The van der Waals surface area contributed by atoms with Gasteiger partial charge in [0.1, 0.15) is 4.83 Å². The molecule has 4 N–H and O–H groups in total. The molecular weight excluding hydrogens is 376 g/mol. The van der Waals surface area contributed by atoms with E-state index in [0.29, 0.717) is 27.2 Å². The van der Waals surface area contributed by atoms with Gasteiger partial charge in [-0.15, -0.1) is 11.3 Å². The number of carbonyl (C=O) groups is 1. The van der Waals surface area contributed by atoms with E-state index in [4.69, 9.17) is 5.73 Å². The van der Waals surface area contributed by atoms with Crippen molar-refractivity contribution < 1.29 is 4.79 Å². The lowest BCUT2D eigenvalue weighted by Crippen LogP contribution is -2.34. The normalized spacial score (nSPS) is 10.9. The summed E-state index contributed by atoms with van der Waals surface area (Å²) >= 11 is 1.32. The maximum Gasteiger partial charge on any atom is 0.329 e. The molecule has 0 atom stereocenters. The van der Waals surface area contributed by atoms with Gasteiger partial charge in [-0.2, -0.15) is 0 Å². The number of H-pyrrole nitrogens is 1. The van der Waals surface area contributed by atoms with Crippen LogP contribution in [0.4, 0.5) is 11.4 Å². The number of anilines is 2. The van der Waals surface area contributed by atoms with Gasteiger partial charge in [-0.1, -0.05) is 24.3 Å². The third-order valence-corrected chi connectivity index (χ3v) is 5.20. The molecule has 4 aromatic rings. The van der Waals surface area contributed by atoms with Gasteiger partial charge in [-0.3, -0.25) is 19.1 Å². The molecule has 1 amide bonds. The Morgan fingerprint density at radius 2 is 1.82 bits per heavy atom. The van der Waals surface area contributed by atoms with Gasteiger partial charge in [-0.25, -0.2) is 4.79 Å². The average Bonchev–Trinajstić information content (AvgIpc) is 3.16. The zero-order valence-electron chi connectivity index (χ0n) is 14.6. The van der Waals surface area contributed by atoms with E-state index in [1.54, 1.807) is 60.0 Å². The number of aromatic nitrogens is 2. The summed E-state index contributed by atoms with van der Waals surface area (Å²) in [6.07, 6.45) is 0. The van der Waals surface area contributed by atoms with Gasteiger partial charge in [-0.05, 0) is 41.3 Å². The minimum atomic E-state index is -0.457. The predicted molar refractivity (Wildman–Crippen MR) is 111 cm³/mol. The Bertz CT molecular complexity index is 1290. The Balaban J connectivity index is 1.56. The Morgan fingerprint density at radius 1 is 1.07 bits per heavy atom. The quantitative estimate of drug-likeness (QED) is 0.464. The highest BCUT2D eigenvalue weighted by Gasteiger charge is 2.11. The van der Waals surface area contributed by atoms with E-state index < -0.39 is 5.69 Å². The van der Waals surface area contributed by atoms with Gasteiger partial charge in [0.05, 0.1) is 23.3 Å². The highest BCUT2D eigenvalue weighted by Crippen LogP contribution is 2.18. The van der Waals surface area contributed by atoms with Crippen LogP contribution in [0.15, 0.2) is 69.6 Å². The highest BCUT2D eigenvalue weighted by molar-refractivity contribution is 7.16. The van der Waals surface area contributed by atoms with Gasteiger partial charge in [0.2, 0.25) is 0 Å². The van der Waals surface area contributed by atoms with Crippen molar-refractivity contribution in [3.63, 3.8) is 0 Å². The zero-order valence-corrected chi connectivity index (χ0v) is 15.5. The smallest absolute Gasteiger partial charge is 0.329 e. The molecule has 0 saturated carbocycles. The number of hydrogen-bond acceptors (Lipinski definition) is 5. The number of nitrogens with zero attached hydrogens (tertiary/aromatic N) is 1. The first-order valence-corrected chi connectivity index (χ1v) is 9.36. The second-order valence-electron chi connectivity index (χ2n) is 6.22. The topological polar surface area (TPSA) is 110 Å². The summed E-state index contributed by atoms with van der Waals surface area (Å²) in [5.41, 5.74) is 7.25. The lowest BCUT2D eigenvalue weighted by Gasteiger charge is -2.09. The molecule has 2 aromatic carbocycles. The van der Waals surface area contributed by atoms with Gasteiger partial charge < -0.3 is 11.1 Å². The molecule has 0 saturated heterocycles. The lowest BCUT2D eigenvalue weighted by molar-refractivity contribution is 0.102. The molecule has 0 radical (unpaired) electrons. The summed E-state index contributed by atoms with van der Waals surface area (Å²) < 4.78 is 1.15. The van der Waals surface area contributed by atoms with Gasteiger partial charge in [0.15, 0.2) is 0 Å². The van der Waals surface area contributed by atoms with Crippen molar-refractivity contribution in [1.29, 1.82) is 0 Å². The minimum Gasteiger partial charge on any atom is -0.397 e. The summed E-state index contributed by atoms with van der Waals surface area (Å²) in [6.45, 7) is 0.119. The van der Waals surface area contributed by atoms with Crippen molar-refractivity contribution >= 4 is 38.8 Å². The first kappa shape index (κ1) is 17.7. The first-order valence-electron chi connectivity index (χ1n) is 8.48. The standard InChI is InChI=1S/C20H16N4O3S/c21-15-3-1-2-4-16(15)22-17(25)13-7-5-12(6-8-13)11-24-19(26)14-9-10-28-18(14)23-20(24)27/h1-10H,11,21H2,(H,22,25)(H,23,27). The third-order valence-electron chi connectivity index (χ3n) is 4.37. The summed E-state index contributed by atoms with van der Waals surface area (Å²) in [6, 6.07) is 15.4. The number of para-hydroxylation sites is 2. The van der Waals surface area contributed by atoms with E-state index in [2.05, 4.69) is 10.3 Å². The molecule has 0 aliphatic carbocycles. The SMILES string of the molecule is Nc1ccccc1NC(=O)c1ccc(Cn2c(=O)[nH]c3sccc3c2=O)cc1. The van der Waals surface area contributed by atoms with Crippen LogP contribution in [0, 0.1) is 0 Å². The molecule has 28 heavy (non-hydrogen) atoms. The zero-order chi connectivity index (χ0) is 19.7. The Kier molecular flexibility index (Phi) is 4.54. The van der Waals surface area contributed by atoms with E-state index in [1.165, 1.54) is 11.3 Å². The molecule has 2 heterocycles. The second kappa shape index (κ2) is 7.16. The Morgan fingerprint density at radius 3 is 2.57 bits per heavy atom. The van der Waals surface area contributed by atoms with Crippen molar-refractivity contribution in [2.24, 2.45) is 0 Å². The van der Waals surface area contributed by atoms with E-state index in [1.807, 2.05) is 0 Å². The summed E-state index contributed by atoms with van der Waals surface area (Å²) in [5.74, 6) is -0.292. The molecule has 8 heteroatoms. The minimum absolute atomic E-state index is 0.119. The van der Waals surface area contributed by atoms with E-state index in [0.717, 1.165) is 10.1 Å². The van der Waals surface area contributed by atoms with Crippen LogP contribution in [-0.2, 0) is 6.54 Å². The van der Waals surface area contributed by atoms with Crippen LogP contribution < -0.4 is 22.3 Å². The van der Waals surface area contributed by atoms with Crippen LogP contribution in [-0.4, -0.2) is 15.5 Å². The maximum absolute atomic E-state index is 12.5. The van der Waals surface area contributed by atoms with Crippen LogP contribution >= 0.6 is 11.3 Å². The van der Waals surface area contributed by atoms with Crippen LogP contribution in [0.5, 0.6) is 0 Å². The summed E-state index contributed by atoms with van der Waals surface area (Å²) in [4.78, 5) is 40.4. The fourth-order valence-corrected chi connectivity index (χ4v) is 3.64. The van der Waals surface area contributed by atoms with Gasteiger partial charge >= 0.3 is 5.69 Å². The fraction of sp³-hybridized carbons (Fsp3) is 0.0500. The molecule has 7 nitrogen and oxygen atoms in total. The van der Waals surface area contributed by atoms with Gasteiger partial charge in [0.25, 0.3) is 11.5 Å². The average molecular weight is 392 g/mol. The highest BCUT2D eigenvalue weighted by atomic mass is 32.1. The van der Waals surface area contributed by atoms with Crippen molar-refractivity contribution in [3.05, 3.63) is 91.9 Å². The lowest BCUT2D eigenvalue weighted by atomic mass is 10.1. The largest absolute Gasteiger partial charge is 0.397 e. The van der Waals surface area contributed by atoms with Gasteiger partial charge in [0, 0.05) is 5.56 Å². The monoisotopic (exact) mass is 392 g/mol. The van der Waals surface area contributed by atoms with E-state index >= 15 is 0 Å². The molecule has 0 fully saturated rings. The molecule has 4 rings (SSSR count). The number of nitrogens with two attached hydrogens (primary N) is 1. The molecule has 0 bridgehead atoms. The third kappa shape index (κ3) is 3.33.